The number of amides is 1. The Morgan fingerprint density at radius 1 is 1.06 bits per heavy atom. The van der Waals surface area contributed by atoms with Gasteiger partial charge in [0.05, 0.1) is 4.90 Å². The standard InChI is InChI=1S/C22H19ClN4O4S/c1-12-10-19-17(11-18(12)23)14(3)20(31-19)21(28)26-15-4-6-16(7-5-15)32(29,30)27-22-24-9-8-13(2)25-22/h4-11H,1-3H3,(H,26,28)(H,24,25,27). The number of fused-ring (bicyclic) bond motifs is 1. The van der Waals surface area contributed by atoms with Crippen LogP contribution in [-0.2, 0) is 10.0 Å². The van der Waals surface area contributed by atoms with Gasteiger partial charge in [-0.1, -0.05) is 11.6 Å². The molecule has 1 amide bonds. The maximum atomic E-state index is 12.7. The maximum Gasteiger partial charge on any atom is 0.291 e. The first-order chi connectivity index (χ1) is 15.1. The van der Waals surface area contributed by atoms with Crippen LogP contribution in [0.4, 0.5) is 11.6 Å². The van der Waals surface area contributed by atoms with Gasteiger partial charge in [0.15, 0.2) is 5.76 Å². The number of hydrogen-bond donors (Lipinski definition) is 2. The van der Waals surface area contributed by atoms with Gasteiger partial charge >= 0.3 is 0 Å². The average Bonchev–Trinajstić information content (AvgIpc) is 3.04. The van der Waals surface area contributed by atoms with Crippen LogP contribution in [0.5, 0.6) is 0 Å². The smallest absolute Gasteiger partial charge is 0.291 e. The van der Waals surface area contributed by atoms with Crippen LogP contribution in [-0.4, -0.2) is 24.3 Å². The number of anilines is 2. The molecule has 2 aromatic carbocycles. The molecule has 10 heteroatoms. The highest BCUT2D eigenvalue weighted by Crippen LogP contribution is 2.30. The maximum absolute atomic E-state index is 12.7. The number of halogens is 1. The summed E-state index contributed by atoms with van der Waals surface area (Å²) in [6, 6.07) is 10.9. The quantitative estimate of drug-likeness (QED) is 0.430. The summed E-state index contributed by atoms with van der Waals surface area (Å²) in [7, 11) is -3.88. The van der Waals surface area contributed by atoms with E-state index in [1.165, 1.54) is 30.5 Å². The Labute approximate surface area is 189 Å². The third kappa shape index (κ3) is 4.30. The van der Waals surface area contributed by atoms with Crippen molar-refractivity contribution in [1.29, 1.82) is 0 Å². The molecule has 164 valence electrons. The van der Waals surface area contributed by atoms with Crippen LogP contribution in [0.1, 0.15) is 27.4 Å². The number of nitrogens with one attached hydrogen (secondary N) is 2. The van der Waals surface area contributed by atoms with Crippen molar-refractivity contribution in [2.75, 3.05) is 10.0 Å². The molecule has 0 bridgehead atoms. The number of hydrogen-bond acceptors (Lipinski definition) is 6. The van der Waals surface area contributed by atoms with Gasteiger partial charge in [0.1, 0.15) is 5.58 Å². The van der Waals surface area contributed by atoms with Gasteiger partial charge in [-0.2, -0.15) is 0 Å². The summed E-state index contributed by atoms with van der Waals surface area (Å²) in [4.78, 5) is 20.7. The van der Waals surface area contributed by atoms with E-state index in [2.05, 4.69) is 20.0 Å². The zero-order valence-corrected chi connectivity index (χ0v) is 19.0. The Kier molecular flexibility index (Phi) is 5.62. The van der Waals surface area contributed by atoms with Gasteiger partial charge in [-0.05, 0) is 68.8 Å². The molecule has 32 heavy (non-hydrogen) atoms. The Hall–Kier alpha value is -3.43. The van der Waals surface area contributed by atoms with E-state index in [0.29, 0.717) is 27.6 Å². The van der Waals surface area contributed by atoms with E-state index in [0.717, 1.165) is 10.9 Å². The lowest BCUT2D eigenvalue weighted by molar-refractivity contribution is 0.0998. The van der Waals surface area contributed by atoms with Crippen LogP contribution in [0.2, 0.25) is 5.02 Å². The SMILES string of the molecule is Cc1ccnc(NS(=O)(=O)c2ccc(NC(=O)c3oc4cc(C)c(Cl)cc4c3C)cc2)n1. The van der Waals surface area contributed by atoms with Gasteiger partial charge in [0.25, 0.3) is 15.9 Å². The number of carbonyl (C=O) groups excluding carboxylic acids is 1. The third-order valence-corrected chi connectivity index (χ3v) is 6.62. The fourth-order valence-electron chi connectivity index (χ4n) is 3.14. The fourth-order valence-corrected chi connectivity index (χ4v) is 4.26. The number of benzene rings is 2. The predicted molar refractivity (Wildman–Crippen MR) is 123 cm³/mol. The number of furan rings is 1. The number of nitrogens with zero attached hydrogens (tertiary/aromatic N) is 2. The number of aromatic nitrogens is 2. The fraction of sp³-hybridized carbons (Fsp3) is 0.136. The van der Waals surface area contributed by atoms with Crippen LogP contribution >= 0.6 is 11.6 Å². The molecule has 0 fully saturated rings. The van der Waals surface area contributed by atoms with E-state index in [9.17, 15) is 13.2 Å². The number of carbonyl (C=O) groups is 1. The first kappa shape index (κ1) is 21.8. The predicted octanol–water partition coefficient (Wildman–Crippen LogP) is 4.85. The van der Waals surface area contributed by atoms with E-state index < -0.39 is 15.9 Å². The molecular formula is C22H19ClN4O4S. The van der Waals surface area contributed by atoms with Gasteiger partial charge < -0.3 is 9.73 Å². The number of aryl methyl sites for hydroxylation is 3. The molecular weight excluding hydrogens is 452 g/mol. The van der Waals surface area contributed by atoms with E-state index in [4.69, 9.17) is 16.0 Å². The highest BCUT2D eigenvalue weighted by molar-refractivity contribution is 7.92. The molecule has 0 unspecified atom stereocenters. The van der Waals surface area contributed by atoms with Crippen molar-refractivity contribution >= 4 is 50.1 Å². The second-order valence-electron chi connectivity index (χ2n) is 7.26. The van der Waals surface area contributed by atoms with Gasteiger partial charge in [-0.15, -0.1) is 0 Å². The average molecular weight is 471 g/mol. The molecule has 0 atom stereocenters. The summed E-state index contributed by atoms with van der Waals surface area (Å²) in [6.07, 6.45) is 1.47. The van der Waals surface area contributed by atoms with Crippen molar-refractivity contribution < 1.29 is 17.6 Å². The summed E-state index contributed by atoms with van der Waals surface area (Å²) in [5, 5.41) is 4.07. The number of rotatable bonds is 5. The van der Waals surface area contributed by atoms with Crippen molar-refractivity contribution in [3.8, 4) is 0 Å². The van der Waals surface area contributed by atoms with Crippen LogP contribution in [0.3, 0.4) is 0 Å². The number of sulfonamides is 1. The summed E-state index contributed by atoms with van der Waals surface area (Å²) in [5.41, 5.74) is 3.13. The van der Waals surface area contributed by atoms with Gasteiger partial charge in [-0.3, -0.25) is 4.79 Å². The van der Waals surface area contributed by atoms with Crippen molar-refractivity contribution in [2.24, 2.45) is 0 Å². The van der Waals surface area contributed by atoms with Crippen LogP contribution in [0.15, 0.2) is 58.0 Å². The lowest BCUT2D eigenvalue weighted by atomic mass is 10.1. The molecule has 8 nitrogen and oxygen atoms in total. The van der Waals surface area contributed by atoms with Crippen molar-refractivity contribution in [2.45, 2.75) is 25.7 Å². The third-order valence-electron chi connectivity index (χ3n) is 4.87. The topological polar surface area (TPSA) is 114 Å². The summed E-state index contributed by atoms with van der Waals surface area (Å²) in [5.74, 6) is -0.302. The second kappa shape index (κ2) is 8.25. The molecule has 0 spiro atoms. The van der Waals surface area contributed by atoms with E-state index in [-0.39, 0.29) is 16.6 Å². The van der Waals surface area contributed by atoms with Gasteiger partial charge in [0.2, 0.25) is 5.95 Å². The van der Waals surface area contributed by atoms with Crippen LogP contribution < -0.4 is 10.0 Å². The summed E-state index contributed by atoms with van der Waals surface area (Å²) in [6.45, 7) is 5.37. The summed E-state index contributed by atoms with van der Waals surface area (Å²) < 4.78 is 33.2. The molecule has 0 saturated heterocycles. The Bertz CT molecular complexity index is 1450. The van der Waals surface area contributed by atoms with Crippen molar-refractivity contribution in [1.82, 2.24) is 9.97 Å². The molecule has 2 aromatic heterocycles. The van der Waals surface area contributed by atoms with Crippen molar-refractivity contribution in [3.05, 3.63) is 76.3 Å². The molecule has 0 aliphatic carbocycles. The van der Waals surface area contributed by atoms with E-state index in [1.54, 1.807) is 32.0 Å². The van der Waals surface area contributed by atoms with Gasteiger partial charge in [0, 0.05) is 33.6 Å². The minimum Gasteiger partial charge on any atom is -0.451 e. The first-order valence-electron chi connectivity index (χ1n) is 9.57. The normalized spacial score (nSPS) is 11.5. The lowest BCUT2D eigenvalue weighted by Crippen LogP contribution is -2.16. The summed E-state index contributed by atoms with van der Waals surface area (Å²) >= 11 is 6.18. The van der Waals surface area contributed by atoms with Gasteiger partial charge in [-0.25, -0.2) is 23.1 Å². The van der Waals surface area contributed by atoms with Crippen molar-refractivity contribution in [3.63, 3.8) is 0 Å². The molecule has 0 saturated carbocycles. The first-order valence-corrected chi connectivity index (χ1v) is 11.4. The molecule has 4 rings (SSSR count). The highest BCUT2D eigenvalue weighted by Gasteiger charge is 2.20. The molecule has 0 aliphatic rings. The van der Waals surface area contributed by atoms with Crippen LogP contribution in [0.25, 0.3) is 11.0 Å². The minimum absolute atomic E-state index is 0.00522. The van der Waals surface area contributed by atoms with E-state index in [1.807, 2.05) is 6.92 Å². The molecule has 0 radical (unpaired) electrons. The zero-order valence-electron chi connectivity index (χ0n) is 17.4. The Balaban J connectivity index is 1.53. The molecule has 2 N–H and O–H groups in total. The largest absolute Gasteiger partial charge is 0.451 e. The molecule has 0 aliphatic heterocycles. The van der Waals surface area contributed by atoms with E-state index >= 15 is 0 Å². The monoisotopic (exact) mass is 470 g/mol. The Morgan fingerprint density at radius 3 is 2.47 bits per heavy atom. The zero-order chi connectivity index (χ0) is 23.0. The molecule has 2 heterocycles. The highest BCUT2D eigenvalue weighted by atomic mass is 35.5. The lowest BCUT2D eigenvalue weighted by Gasteiger charge is -2.08. The minimum atomic E-state index is -3.88. The van der Waals surface area contributed by atoms with Crippen LogP contribution in [0, 0.1) is 20.8 Å². The Morgan fingerprint density at radius 2 is 1.78 bits per heavy atom. The second-order valence-corrected chi connectivity index (χ2v) is 9.35. The molecule has 4 aromatic rings.